The topological polar surface area (TPSA) is 36.4 Å². The predicted molar refractivity (Wildman–Crippen MR) is 101 cm³/mol. The van der Waals surface area contributed by atoms with Gasteiger partial charge in [-0.25, -0.2) is 0 Å². The van der Waals surface area contributed by atoms with Gasteiger partial charge in [-0.1, -0.05) is 19.9 Å². The largest absolute Gasteiger partial charge is 0.356 e. The summed E-state index contributed by atoms with van der Waals surface area (Å²) in [6, 6.07) is 4.94. The average molecular weight is 340 g/mol. The summed E-state index contributed by atoms with van der Waals surface area (Å²) in [6.45, 7) is 5.52. The van der Waals surface area contributed by atoms with Crippen LogP contribution in [0, 0.1) is 5.92 Å². The normalized spacial score (nSPS) is 23.5. The van der Waals surface area contributed by atoms with E-state index in [9.17, 15) is 0 Å². The number of hydrogen-bond donors (Lipinski definition) is 2. The van der Waals surface area contributed by atoms with Crippen molar-refractivity contribution in [2.24, 2.45) is 10.9 Å². The molecule has 0 aliphatic heterocycles. The van der Waals surface area contributed by atoms with Crippen LogP contribution in [0.1, 0.15) is 38.0 Å². The lowest BCUT2D eigenvalue weighted by Gasteiger charge is -2.19. The summed E-state index contributed by atoms with van der Waals surface area (Å²) < 4.78 is 0. The number of nitrogens with one attached hydrogen (secondary N) is 2. The number of aliphatic imine (C=N–C) groups is 1. The van der Waals surface area contributed by atoms with Gasteiger partial charge in [0.15, 0.2) is 5.96 Å². The fourth-order valence-corrected chi connectivity index (χ4v) is 4.97. The maximum Gasteiger partial charge on any atom is 0.191 e. The molecule has 1 aliphatic rings. The van der Waals surface area contributed by atoms with E-state index in [1.54, 1.807) is 0 Å². The first kappa shape index (κ1) is 17.7. The van der Waals surface area contributed by atoms with Crippen molar-refractivity contribution in [2.75, 3.05) is 19.3 Å². The molecule has 5 heteroatoms. The van der Waals surface area contributed by atoms with E-state index in [2.05, 4.69) is 58.7 Å². The van der Waals surface area contributed by atoms with Crippen molar-refractivity contribution < 1.29 is 0 Å². The second-order valence-corrected chi connectivity index (χ2v) is 8.68. The van der Waals surface area contributed by atoms with E-state index in [-0.39, 0.29) is 0 Å². The first-order valence-electron chi connectivity index (χ1n) is 8.32. The molecule has 0 bridgehead atoms. The van der Waals surface area contributed by atoms with Crippen molar-refractivity contribution in [3.8, 4) is 0 Å². The van der Waals surface area contributed by atoms with Gasteiger partial charge in [-0.2, -0.15) is 11.8 Å². The van der Waals surface area contributed by atoms with Gasteiger partial charge >= 0.3 is 0 Å². The highest BCUT2D eigenvalue weighted by Crippen LogP contribution is 2.29. The van der Waals surface area contributed by atoms with Crippen molar-refractivity contribution >= 4 is 29.1 Å². The lowest BCUT2D eigenvalue weighted by atomic mass is 10.1. The van der Waals surface area contributed by atoms with E-state index in [1.165, 1.54) is 29.9 Å². The van der Waals surface area contributed by atoms with E-state index in [4.69, 9.17) is 0 Å². The standard InChI is InChI=1S/C17H29N3S2/c1-4-21-16-8-7-14(11-16)20-17(18-3)19-12-13(2)10-15-6-5-9-22-15/h5-6,9,13-14,16H,4,7-8,10-12H2,1-3H3,(H2,18,19,20). The molecular weight excluding hydrogens is 310 g/mol. The maximum absolute atomic E-state index is 4.38. The quantitative estimate of drug-likeness (QED) is 0.586. The Morgan fingerprint density at radius 3 is 3.05 bits per heavy atom. The minimum Gasteiger partial charge on any atom is -0.356 e. The van der Waals surface area contributed by atoms with Crippen molar-refractivity contribution in [3.05, 3.63) is 22.4 Å². The van der Waals surface area contributed by atoms with E-state index in [1.807, 2.05) is 18.4 Å². The third kappa shape index (κ3) is 5.84. The molecule has 0 spiro atoms. The van der Waals surface area contributed by atoms with Crippen LogP contribution in [0.3, 0.4) is 0 Å². The summed E-state index contributed by atoms with van der Waals surface area (Å²) in [7, 11) is 1.87. The number of guanidine groups is 1. The summed E-state index contributed by atoms with van der Waals surface area (Å²) >= 11 is 3.94. The first-order valence-corrected chi connectivity index (χ1v) is 10.2. The molecule has 0 amide bonds. The second-order valence-electron chi connectivity index (χ2n) is 6.07. The Balaban J connectivity index is 1.69. The summed E-state index contributed by atoms with van der Waals surface area (Å²) in [5, 5.41) is 10.1. The Labute approximate surface area is 143 Å². The van der Waals surface area contributed by atoms with E-state index in [0.717, 1.165) is 24.2 Å². The molecule has 2 N–H and O–H groups in total. The molecule has 1 aromatic heterocycles. The minimum absolute atomic E-state index is 0.586. The van der Waals surface area contributed by atoms with Crippen LogP contribution in [0.5, 0.6) is 0 Å². The molecule has 3 nitrogen and oxygen atoms in total. The monoisotopic (exact) mass is 339 g/mol. The van der Waals surface area contributed by atoms with Crippen LogP contribution < -0.4 is 10.6 Å². The van der Waals surface area contributed by atoms with Crippen molar-refractivity contribution in [2.45, 2.75) is 50.8 Å². The Bertz CT molecular complexity index is 445. The third-order valence-electron chi connectivity index (χ3n) is 4.10. The zero-order valence-corrected chi connectivity index (χ0v) is 15.6. The van der Waals surface area contributed by atoms with Gasteiger partial charge in [-0.3, -0.25) is 4.99 Å². The maximum atomic E-state index is 4.38. The summed E-state index contributed by atoms with van der Waals surface area (Å²) in [6.07, 6.45) is 5.01. The van der Waals surface area contributed by atoms with E-state index < -0.39 is 0 Å². The molecule has 1 heterocycles. The van der Waals surface area contributed by atoms with Gasteiger partial charge in [-0.05, 0) is 48.8 Å². The lowest BCUT2D eigenvalue weighted by Crippen LogP contribution is -2.44. The third-order valence-corrected chi connectivity index (χ3v) is 6.23. The van der Waals surface area contributed by atoms with Crippen LogP contribution in [0.15, 0.2) is 22.5 Å². The molecule has 1 saturated carbocycles. The Kier molecular flexibility index (Phi) is 7.60. The Hall–Kier alpha value is -0.680. The average Bonchev–Trinajstić information content (AvgIpc) is 3.16. The van der Waals surface area contributed by atoms with Crippen molar-refractivity contribution in [3.63, 3.8) is 0 Å². The number of thioether (sulfide) groups is 1. The zero-order chi connectivity index (χ0) is 15.8. The van der Waals surface area contributed by atoms with Gasteiger partial charge in [-0.15, -0.1) is 11.3 Å². The second kappa shape index (κ2) is 9.46. The molecule has 1 aliphatic carbocycles. The number of thiophene rings is 1. The van der Waals surface area contributed by atoms with Crippen molar-refractivity contribution in [1.29, 1.82) is 0 Å². The lowest BCUT2D eigenvalue weighted by molar-refractivity contribution is 0.549. The van der Waals surface area contributed by atoms with Gasteiger partial charge in [0.2, 0.25) is 0 Å². The van der Waals surface area contributed by atoms with Crippen LogP contribution in [0.25, 0.3) is 0 Å². The van der Waals surface area contributed by atoms with E-state index >= 15 is 0 Å². The molecule has 2 rings (SSSR count). The van der Waals surface area contributed by atoms with Crippen LogP contribution in [-0.2, 0) is 6.42 Å². The first-order chi connectivity index (χ1) is 10.7. The molecule has 0 radical (unpaired) electrons. The smallest absolute Gasteiger partial charge is 0.191 e. The Morgan fingerprint density at radius 2 is 2.36 bits per heavy atom. The van der Waals surface area contributed by atoms with Gasteiger partial charge in [0.1, 0.15) is 0 Å². The molecule has 22 heavy (non-hydrogen) atoms. The molecule has 124 valence electrons. The molecule has 0 aromatic carbocycles. The molecule has 3 atom stereocenters. The highest BCUT2D eigenvalue weighted by atomic mass is 32.2. The van der Waals surface area contributed by atoms with Gasteiger partial charge in [0.05, 0.1) is 0 Å². The SMILES string of the molecule is CCSC1CCC(NC(=NC)NCC(C)Cc2cccs2)C1. The summed E-state index contributed by atoms with van der Waals surface area (Å²) in [5.41, 5.74) is 0. The van der Waals surface area contributed by atoms with Crippen LogP contribution in [-0.4, -0.2) is 36.6 Å². The minimum atomic E-state index is 0.586. The number of rotatable bonds is 7. The highest BCUT2D eigenvalue weighted by molar-refractivity contribution is 7.99. The van der Waals surface area contributed by atoms with Gasteiger partial charge in [0, 0.05) is 29.8 Å². The predicted octanol–water partition coefficient (Wildman–Crippen LogP) is 3.77. The van der Waals surface area contributed by atoms with Crippen LogP contribution in [0.4, 0.5) is 0 Å². The fourth-order valence-electron chi connectivity index (χ4n) is 2.96. The molecule has 0 saturated heterocycles. The molecule has 1 fully saturated rings. The summed E-state index contributed by atoms with van der Waals surface area (Å²) in [5.74, 6) is 2.80. The van der Waals surface area contributed by atoms with E-state index in [0.29, 0.717) is 12.0 Å². The highest BCUT2D eigenvalue weighted by Gasteiger charge is 2.25. The van der Waals surface area contributed by atoms with Crippen LogP contribution in [0.2, 0.25) is 0 Å². The summed E-state index contributed by atoms with van der Waals surface area (Å²) in [4.78, 5) is 5.85. The zero-order valence-electron chi connectivity index (χ0n) is 14.0. The Morgan fingerprint density at radius 1 is 1.50 bits per heavy atom. The molecular formula is C17H29N3S2. The number of hydrogen-bond acceptors (Lipinski definition) is 3. The van der Waals surface area contributed by atoms with Gasteiger partial charge < -0.3 is 10.6 Å². The van der Waals surface area contributed by atoms with Gasteiger partial charge in [0.25, 0.3) is 0 Å². The molecule has 1 aromatic rings. The molecule has 3 unspecified atom stereocenters. The number of nitrogens with zero attached hydrogens (tertiary/aromatic N) is 1. The van der Waals surface area contributed by atoms with Crippen LogP contribution >= 0.6 is 23.1 Å². The van der Waals surface area contributed by atoms with Crippen molar-refractivity contribution in [1.82, 2.24) is 10.6 Å². The fraction of sp³-hybridized carbons (Fsp3) is 0.706.